The summed E-state index contributed by atoms with van der Waals surface area (Å²) in [5.41, 5.74) is 0.727. The Morgan fingerprint density at radius 1 is 0.444 bits per heavy atom. The quantitative estimate of drug-likeness (QED) is 0.0383. The summed E-state index contributed by atoms with van der Waals surface area (Å²) in [4.78, 5) is 156. The zero-order valence-corrected chi connectivity index (χ0v) is 56.5. The monoisotopic (exact) mass is 1270 g/mol. The van der Waals surface area contributed by atoms with Crippen LogP contribution in [0.1, 0.15) is 147 Å². The van der Waals surface area contributed by atoms with Crippen LogP contribution in [-0.4, -0.2) is 189 Å². The summed E-state index contributed by atoms with van der Waals surface area (Å²) in [6.45, 7) is 24.2. The number of hydrogen-bond acceptors (Lipinski definition) is 19. The predicted octanol–water partition coefficient (Wildman–Crippen LogP) is 8.76. The number of rotatable bonds is 33. The van der Waals surface area contributed by atoms with Gasteiger partial charge in [-0.1, -0.05) is 93.0 Å². The van der Waals surface area contributed by atoms with Crippen molar-refractivity contribution in [2.24, 2.45) is 23.7 Å². The number of ether oxygens (including phenoxy) is 8. The van der Waals surface area contributed by atoms with Gasteiger partial charge in [-0.3, -0.25) is 29.9 Å². The van der Waals surface area contributed by atoms with Crippen LogP contribution in [0.15, 0.2) is 48.5 Å². The Hall–Kier alpha value is -7.99. The summed E-state index contributed by atoms with van der Waals surface area (Å²) >= 11 is 0. The van der Waals surface area contributed by atoms with Crippen molar-refractivity contribution in [3.63, 3.8) is 0 Å². The van der Waals surface area contributed by atoms with Crippen molar-refractivity contribution in [1.29, 1.82) is 0 Å². The Labute approximate surface area is 531 Å². The van der Waals surface area contributed by atoms with E-state index in [-0.39, 0.29) is 68.8 Å². The lowest BCUT2D eigenvalue weighted by Gasteiger charge is -2.34. The molecule has 0 saturated heterocycles. The zero-order valence-electron chi connectivity index (χ0n) is 56.5. The second-order valence-electron chi connectivity index (χ2n) is 25.1. The maximum atomic E-state index is 14.9. The molecule has 0 aliphatic carbocycles. The highest BCUT2D eigenvalue weighted by molar-refractivity contribution is 5.94. The van der Waals surface area contributed by atoms with Crippen LogP contribution in [0.3, 0.4) is 0 Å². The number of methoxy groups -OCH3 is 2. The van der Waals surface area contributed by atoms with E-state index in [1.807, 2.05) is 34.6 Å². The SMILES string of the molecule is CCCCOC(=O)[C@H](C)OC(=O)[C@@H](CC(C)C)N(C)C(=O)[C@H](Cc1ccc(NC(=O)OC)cc1)OC(=O)[C@@H](CC(C)C)N(C)C(=O)[C@H](C)OC(=O)[C@@H](CC(C)C)N(C)C(=O)[C@H](Cc1ccc(NC(=O)OC)cc1)OC(=O)[C@@H](CC(C)C)N(C)C(=O)OC(C)(C)C. The van der Waals surface area contributed by atoms with Gasteiger partial charge in [-0.15, -0.1) is 0 Å². The number of esters is 5. The van der Waals surface area contributed by atoms with Gasteiger partial charge >= 0.3 is 48.1 Å². The number of likely N-dealkylation sites (N-methyl/N-ethyl adjacent to an activating group) is 4. The van der Waals surface area contributed by atoms with E-state index in [1.54, 1.807) is 84.9 Å². The number of nitrogens with zero attached hydrogens (tertiary/aromatic N) is 4. The minimum atomic E-state index is -1.64. The van der Waals surface area contributed by atoms with Gasteiger partial charge in [0, 0.05) is 52.4 Å². The Balaban J connectivity index is 2.64. The van der Waals surface area contributed by atoms with Gasteiger partial charge in [0.1, 0.15) is 29.8 Å². The zero-order chi connectivity index (χ0) is 68.5. The van der Waals surface area contributed by atoms with E-state index in [2.05, 4.69) is 10.6 Å². The predicted molar refractivity (Wildman–Crippen MR) is 334 cm³/mol. The van der Waals surface area contributed by atoms with Gasteiger partial charge in [0.25, 0.3) is 17.7 Å². The van der Waals surface area contributed by atoms with E-state index in [0.717, 1.165) is 26.0 Å². The number of amides is 6. The van der Waals surface area contributed by atoms with E-state index in [0.29, 0.717) is 28.9 Å². The number of benzene rings is 2. The first-order chi connectivity index (χ1) is 41.9. The molecular formula is C65H100N6O19. The molecule has 0 saturated carbocycles. The lowest BCUT2D eigenvalue weighted by atomic mass is 10.00. The van der Waals surface area contributed by atoms with Crippen molar-refractivity contribution in [1.82, 2.24) is 19.6 Å². The van der Waals surface area contributed by atoms with Gasteiger partial charge < -0.3 is 52.6 Å². The molecule has 0 spiro atoms. The summed E-state index contributed by atoms with van der Waals surface area (Å²) in [5, 5.41) is 5.08. The highest BCUT2D eigenvalue weighted by Gasteiger charge is 2.42. The average molecular weight is 1270 g/mol. The number of nitrogens with one attached hydrogen (secondary N) is 2. The first-order valence-corrected chi connectivity index (χ1v) is 30.6. The number of hydrogen-bond donors (Lipinski definition) is 2. The largest absolute Gasteiger partial charge is 0.463 e. The van der Waals surface area contributed by atoms with E-state index >= 15 is 0 Å². The van der Waals surface area contributed by atoms with Crippen molar-refractivity contribution in [2.45, 2.75) is 202 Å². The molecule has 0 fully saturated rings. The Bertz CT molecular complexity index is 2710. The lowest BCUT2D eigenvalue weighted by Crippen LogP contribution is -2.54. The van der Waals surface area contributed by atoms with Gasteiger partial charge in [0.15, 0.2) is 24.4 Å². The van der Waals surface area contributed by atoms with Crippen LogP contribution in [0.2, 0.25) is 0 Å². The van der Waals surface area contributed by atoms with Crippen LogP contribution in [0.25, 0.3) is 0 Å². The summed E-state index contributed by atoms with van der Waals surface area (Å²) in [7, 11) is 7.78. The highest BCUT2D eigenvalue weighted by Crippen LogP contribution is 2.25. The van der Waals surface area contributed by atoms with Crippen molar-refractivity contribution in [3.8, 4) is 0 Å². The highest BCUT2D eigenvalue weighted by atomic mass is 16.6. The summed E-state index contributed by atoms with van der Waals surface area (Å²) in [5.74, 6) is -8.02. The van der Waals surface area contributed by atoms with Gasteiger partial charge in [0.2, 0.25) is 0 Å². The third-order valence-electron chi connectivity index (χ3n) is 14.2. The molecule has 0 aliphatic rings. The minimum absolute atomic E-state index is 0.000777. The van der Waals surface area contributed by atoms with Gasteiger partial charge in [-0.2, -0.15) is 0 Å². The fourth-order valence-electron chi connectivity index (χ4n) is 9.15. The molecule has 2 aromatic rings. The van der Waals surface area contributed by atoms with E-state index in [9.17, 15) is 52.7 Å². The standard InChI is InChI=1S/C65H100N6O19/c1-21-22-31-85-57(75)43(11)87-59(77)49(33-39(4)5)70(17)55(73)52(36-44-23-27-46(28-24-44)66-62(80)83-19)88-60(78)50(34-40(6)7)68(15)54(72)42(10)86-58(76)48(32-38(2)3)69(16)56(74)53(37-45-25-29-47(30-26-45)67-63(81)84-20)89-61(79)51(35-41(8)9)71(18)64(82)90-65(12,13)14/h23-30,38-43,48-53H,21-22,31-37H2,1-20H3,(H,66,80)(H,67,81)/t42-,43-,48+,49+,50+,51+,52-,53-/m0/s1. The van der Waals surface area contributed by atoms with E-state index < -0.39 is 120 Å². The fraction of sp³-hybridized carbons (Fsp3) is 0.646. The smallest absolute Gasteiger partial charge is 0.411 e. The molecule has 0 heterocycles. The molecular weight excluding hydrogens is 1170 g/mol. The van der Waals surface area contributed by atoms with Crippen molar-refractivity contribution < 1.29 is 90.6 Å². The summed E-state index contributed by atoms with van der Waals surface area (Å²) in [6, 6.07) is 7.25. The van der Waals surface area contributed by atoms with Gasteiger partial charge in [-0.05, 0) is 126 Å². The topological polar surface area (TPSA) is 299 Å². The molecule has 0 aliphatic heterocycles. The molecule has 0 radical (unpaired) electrons. The second kappa shape index (κ2) is 37.2. The van der Waals surface area contributed by atoms with Crippen molar-refractivity contribution >= 4 is 77.2 Å². The molecule has 0 bridgehead atoms. The average Bonchev–Trinajstić information content (AvgIpc) is 1.20. The van der Waals surface area contributed by atoms with E-state index in [1.165, 1.54) is 68.4 Å². The van der Waals surface area contributed by atoms with Gasteiger partial charge in [-0.25, -0.2) is 38.4 Å². The first kappa shape index (κ1) is 78.1. The molecule has 504 valence electrons. The maximum Gasteiger partial charge on any atom is 0.411 e. The van der Waals surface area contributed by atoms with Crippen LogP contribution in [0, 0.1) is 23.7 Å². The number of anilines is 2. The maximum absolute atomic E-state index is 14.9. The number of carbonyl (C=O) groups excluding carboxylic acids is 11. The normalized spacial score (nSPS) is 14.0. The third-order valence-corrected chi connectivity index (χ3v) is 14.2. The van der Waals surface area contributed by atoms with Crippen molar-refractivity contribution in [3.05, 3.63) is 59.7 Å². The molecule has 6 amide bonds. The molecule has 25 heteroatoms. The summed E-state index contributed by atoms with van der Waals surface area (Å²) < 4.78 is 43.8. The van der Waals surface area contributed by atoms with Crippen molar-refractivity contribution in [2.75, 3.05) is 59.7 Å². The molecule has 25 nitrogen and oxygen atoms in total. The molecule has 90 heavy (non-hydrogen) atoms. The third kappa shape index (κ3) is 26.2. The van der Waals surface area contributed by atoms with Crippen LogP contribution >= 0.6 is 0 Å². The van der Waals surface area contributed by atoms with Crippen LogP contribution < -0.4 is 10.6 Å². The van der Waals surface area contributed by atoms with Gasteiger partial charge in [0.05, 0.1) is 20.8 Å². The number of carbonyl (C=O) groups is 11. The Morgan fingerprint density at radius 2 is 0.767 bits per heavy atom. The second-order valence-corrected chi connectivity index (χ2v) is 25.1. The molecule has 2 rings (SSSR count). The molecule has 0 unspecified atom stereocenters. The fourth-order valence-corrected chi connectivity index (χ4v) is 9.15. The molecule has 2 N–H and O–H groups in total. The Morgan fingerprint density at radius 3 is 1.09 bits per heavy atom. The lowest BCUT2D eigenvalue weighted by molar-refractivity contribution is -0.175. The molecule has 0 aromatic heterocycles. The first-order valence-electron chi connectivity index (χ1n) is 30.6. The minimum Gasteiger partial charge on any atom is -0.463 e. The van der Waals surface area contributed by atoms with Crippen LogP contribution in [-0.2, 0) is 89.1 Å². The number of unbranched alkanes of at least 4 members (excludes halogenated alkanes) is 1. The molecule has 2 aromatic carbocycles. The van der Waals surface area contributed by atoms with Crippen LogP contribution in [0.5, 0.6) is 0 Å². The molecule has 8 atom stereocenters. The summed E-state index contributed by atoms with van der Waals surface area (Å²) in [6.07, 6.45) is -7.36. The van der Waals surface area contributed by atoms with Crippen LogP contribution in [0.4, 0.5) is 25.8 Å². The Kier molecular flexibility index (Phi) is 32.3. The van der Waals surface area contributed by atoms with E-state index in [4.69, 9.17) is 37.9 Å².